The zero-order valence-electron chi connectivity index (χ0n) is 8.68. The van der Waals surface area contributed by atoms with Crippen molar-refractivity contribution >= 4 is 47.6 Å². The normalized spacial score (nSPS) is 10.9. The third-order valence-corrected chi connectivity index (χ3v) is 3.93. The van der Waals surface area contributed by atoms with Gasteiger partial charge in [-0.25, -0.2) is 0 Å². The summed E-state index contributed by atoms with van der Waals surface area (Å²) in [6, 6.07) is 9.81. The molecule has 0 saturated carbocycles. The molecule has 0 aliphatic rings. The monoisotopic (exact) mass is 357 g/mol. The van der Waals surface area contributed by atoms with Gasteiger partial charge in [0.05, 0.1) is 0 Å². The molecule has 0 spiro atoms. The topological polar surface area (TPSA) is 51.0 Å². The van der Waals surface area contributed by atoms with Gasteiger partial charge in [0.2, 0.25) is 0 Å². The number of nitrogens with one attached hydrogen (secondary N) is 1. The van der Waals surface area contributed by atoms with Crippen LogP contribution in [0.15, 0.2) is 39.4 Å². The molecule has 0 aliphatic heterocycles. The van der Waals surface area contributed by atoms with Crippen LogP contribution in [0.25, 0.3) is 11.0 Å². The summed E-state index contributed by atoms with van der Waals surface area (Å²) in [5.41, 5.74) is 2.96. The van der Waals surface area contributed by atoms with Crippen molar-refractivity contribution in [3.63, 3.8) is 0 Å². The van der Waals surface area contributed by atoms with E-state index in [9.17, 15) is 0 Å². The first-order valence-corrected chi connectivity index (χ1v) is 7.35. The molecule has 86 valence electrons. The van der Waals surface area contributed by atoms with E-state index in [2.05, 4.69) is 29.2 Å². The number of furan rings is 1. The maximum atomic E-state index is 5.43. The molecular formula is C11H8BrN3OSe. The summed E-state index contributed by atoms with van der Waals surface area (Å²) >= 11 is 3.29. The molecule has 0 saturated heterocycles. The minimum atomic E-state index is 0.00776. The Kier molecular flexibility index (Phi) is 3.01. The summed E-state index contributed by atoms with van der Waals surface area (Å²) in [5.74, 6) is 0.884. The van der Waals surface area contributed by atoms with Gasteiger partial charge in [0.25, 0.3) is 0 Å². The van der Waals surface area contributed by atoms with Crippen molar-refractivity contribution in [3.8, 4) is 0 Å². The number of hydrogen-bond donors (Lipinski definition) is 1. The van der Waals surface area contributed by atoms with Crippen molar-refractivity contribution in [1.82, 2.24) is 7.96 Å². The van der Waals surface area contributed by atoms with E-state index in [0.29, 0.717) is 6.54 Å². The van der Waals surface area contributed by atoms with Crippen LogP contribution in [0.2, 0.25) is 0 Å². The number of nitrogens with zero attached hydrogens (tertiary/aromatic N) is 2. The molecule has 17 heavy (non-hydrogen) atoms. The van der Waals surface area contributed by atoms with Gasteiger partial charge in [-0.1, -0.05) is 0 Å². The van der Waals surface area contributed by atoms with Gasteiger partial charge in [0, 0.05) is 0 Å². The Morgan fingerprint density at radius 3 is 3.00 bits per heavy atom. The summed E-state index contributed by atoms with van der Waals surface area (Å²) in [6.07, 6.45) is 0. The van der Waals surface area contributed by atoms with Crippen molar-refractivity contribution in [3.05, 3.63) is 40.8 Å². The number of aromatic nitrogens is 2. The standard InChI is InChI=1S/C11H8BrN3OSe/c12-10-5-4-7(16-10)6-13-8-2-1-3-9-11(8)15-17-14-9/h1-5,13H,6H2. The van der Waals surface area contributed by atoms with Crippen LogP contribution >= 0.6 is 15.9 Å². The van der Waals surface area contributed by atoms with E-state index in [1.165, 1.54) is 0 Å². The van der Waals surface area contributed by atoms with E-state index < -0.39 is 0 Å². The van der Waals surface area contributed by atoms with Gasteiger partial charge in [0.15, 0.2) is 0 Å². The second-order valence-electron chi connectivity index (χ2n) is 3.50. The summed E-state index contributed by atoms with van der Waals surface area (Å²) in [4.78, 5) is 0. The molecular weight excluding hydrogens is 349 g/mol. The second-order valence-corrected chi connectivity index (χ2v) is 5.39. The van der Waals surface area contributed by atoms with Gasteiger partial charge in [0.1, 0.15) is 0 Å². The number of fused-ring (bicyclic) bond motifs is 1. The van der Waals surface area contributed by atoms with Crippen LogP contribution in [0.5, 0.6) is 0 Å². The number of benzene rings is 1. The van der Waals surface area contributed by atoms with Gasteiger partial charge < -0.3 is 0 Å². The SMILES string of the molecule is Brc1ccc(CNc2cccc3n[se]nc23)o1. The van der Waals surface area contributed by atoms with Gasteiger partial charge in [-0.2, -0.15) is 0 Å². The average Bonchev–Trinajstić information content (AvgIpc) is 2.94. The Morgan fingerprint density at radius 2 is 2.18 bits per heavy atom. The molecule has 0 radical (unpaired) electrons. The summed E-state index contributed by atoms with van der Waals surface area (Å²) in [5, 5.41) is 3.32. The molecule has 0 amide bonds. The number of rotatable bonds is 3. The molecule has 0 fully saturated rings. The third kappa shape index (κ3) is 2.29. The minimum absolute atomic E-state index is 0.00776. The molecule has 3 aromatic rings. The molecule has 2 aromatic heterocycles. The molecule has 6 heteroatoms. The van der Waals surface area contributed by atoms with Crippen molar-refractivity contribution in [1.29, 1.82) is 0 Å². The van der Waals surface area contributed by atoms with Crippen LogP contribution in [0.1, 0.15) is 5.76 Å². The number of anilines is 1. The van der Waals surface area contributed by atoms with Crippen molar-refractivity contribution in [2.75, 3.05) is 5.32 Å². The fourth-order valence-electron chi connectivity index (χ4n) is 1.58. The first kappa shape index (κ1) is 11.0. The molecule has 1 aromatic carbocycles. The van der Waals surface area contributed by atoms with Crippen LogP contribution < -0.4 is 5.32 Å². The van der Waals surface area contributed by atoms with Gasteiger partial charge in [-0.05, 0) is 0 Å². The quantitative estimate of drug-likeness (QED) is 0.733. The van der Waals surface area contributed by atoms with Crippen LogP contribution in [-0.4, -0.2) is 22.9 Å². The van der Waals surface area contributed by atoms with Gasteiger partial charge >= 0.3 is 113 Å². The van der Waals surface area contributed by atoms with E-state index in [4.69, 9.17) is 4.42 Å². The first-order valence-electron chi connectivity index (χ1n) is 5.02. The Hall–Kier alpha value is -1.10. The van der Waals surface area contributed by atoms with E-state index in [0.717, 1.165) is 27.2 Å². The molecule has 0 bridgehead atoms. The Balaban J connectivity index is 1.83. The summed E-state index contributed by atoms with van der Waals surface area (Å²) < 4.78 is 14.9. The zero-order valence-corrected chi connectivity index (χ0v) is 12.0. The molecule has 2 heterocycles. The second kappa shape index (κ2) is 4.64. The van der Waals surface area contributed by atoms with Crippen LogP contribution in [-0.2, 0) is 6.54 Å². The van der Waals surface area contributed by atoms with Crippen molar-refractivity contribution in [2.24, 2.45) is 0 Å². The van der Waals surface area contributed by atoms with Crippen molar-refractivity contribution in [2.45, 2.75) is 6.54 Å². The predicted octanol–water partition coefficient (Wildman–Crippen LogP) is 2.65. The molecule has 0 aliphatic carbocycles. The zero-order chi connectivity index (χ0) is 11.7. The Labute approximate surface area is 112 Å². The number of halogens is 1. The van der Waals surface area contributed by atoms with Gasteiger partial charge in [-0.3, -0.25) is 0 Å². The molecule has 4 nitrogen and oxygen atoms in total. The fraction of sp³-hybridized carbons (Fsp3) is 0.0909. The van der Waals surface area contributed by atoms with E-state index in [-0.39, 0.29) is 15.0 Å². The average molecular weight is 357 g/mol. The summed E-state index contributed by atoms with van der Waals surface area (Å²) in [6.45, 7) is 0.643. The molecule has 1 N–H and O–H groups in total. The van der Waals surface area contributed by atoms with Gasteiger partial charge in [-0.15, -0.1) is 0 Å². The van der Waals surface area contributed by atoms with Crippen molar-refractivity contribution < 1.29 is 4.42 Å². The molecule has 0 unspecified atom stereocenters. The molecule has 3 rings (SSSR count). The van der Waals surface area contributed by atoms with E-state index >= 15 is 0 Å². The third-order valence-electron chi connectivity index (χ3n) is 2.37. The van der Waals surface area contributed by atoms with Crippen LogP contribution in [0.4, 0.5) is 5.69 Å². The molecule has 0 atom stereocenters. The number of hydrogen-bond acceptors (Lipinski definition) is 4. The maximum absolute atomic E-state index is 5.43. The van der Waals surface area contributed by atoms with Crippen LogP contribution in [0.3, 0.4) is 0 Å². The fourth-order valence-corrected chi connectivity index (χ4v) is 3.07. The Bertz CT molecular complexity index is 649. The Morgan fingerprint density at radius 1 is 1.24 bits per heavy atom. The van der Waals surface area contributed by atoms with Crippen LogP contribution in [0, 0.1) is 0 Å². The van der Waals surface area contributed by atoms with E-state index in [1.807, 2.05) is 30.3 Å². The summed E-state index contributed by atoms with van der Waals surface area (Å²) in [7, 11) is 0. The van der Waals surface area contributed by atoms with E-state index in [1.54, 1.807) is 0 Å². The predicted molar refractivity (Wildman–Crippen MR) is 70.2 cm³/mol. The first-order chi connectivity index (χ1) is 8.33.